The van der Waals surface area contributed by atoms with Crippen LogP contribution in [0.5, 0.6) is 11.5 Å². The number of anilines is 1. The van der Waals surface area contributed by atoms with Gasteiger partial charge in [0.05, 0.1) is 30.3 Å². The van der Waals surface area contributed by atoms with E-state index in [1.165, 1.54) is 6.07 Å². The van der Waals surface area contributed by atoms with E-state index in [1.807, 2.05) is 37.2 Å². The predicted molar refractivity (Wildman–Crippen MR) is 133 cm³/mol. The molecule has 34 heavy (non-hydrogen) atoms. The lowest BCUT2D eigenvalue weighted by Gasteiger charge is -2.30. The first-order valence-corrected chi connectivity index (χ1v) is 12.0. The maximum absolute atomic E-state index is 14.7. The molecule has 1 N–H and O–H groups in total. The summed E-state index contributed by atoms with van der Waals surface area (Å²) in [5.41, 5.74) is 2.82. The van der Waals surface area contributed by atoms with Crippen LogP contribution in [0.3, 0.4) is 0 Å². The SMILES string of the molecule is CC(C)CN(Cc1cc(F)c2c(c1)OCCCO2)C(=O)C(C)CN(C)c1cccc2cc[nH]c12. The van der Waals surface area contributed by atoms with Gasteiger partial charge in [-0.1, -0.05) is 32.9 Å². The van der Waals surface area contributed by atoms with Crippen molar-refractivity contribution < 1.29 is 18.7 Å². The summed E-state index contributed by atoms with van der Waals surface area (Å²) >= 11 is 0. The van der Waals surface area contributed by atoms with E-state index in [0.717, 1.165) is 16.6 Å². The van der Waals surface area contributed by atoms with Crippen LogP contribution in [0.4, 0.5) is 10.1 Å². The van der Waals surface area contributed by atoms with Crippen LogP contribution in [-0.4, -0.2) is 49.1 Å². The van der Waals surface area contributed by atoms with E-state index >= 15 is 0 Å². The van der Waals surface area contributed by atoms with Crippen LogP contribution in [0.2, 0.25) is 0 Å². The van der Waals surface area contributed by atoms with Gasteiger partial charge < -0.3 is 24.3 Å². The molecule has 7 heteroatoms. The number of carbonyl (C=O) groups excluding carboxylic acids is 1. The summed E-state index contributed by atoms with van der Waals surface area (Å²) in [5.74, 6) is 0.226. The molecule has 0 radical (unpaired) electrons. The number of rotatable bonds is 8. The van der Waals surface area contributed by atoms with Crippen molar-refractivity contribution in [2.45, 2.75) is 33.7 Å². The Bertz CT molecular complexity index is 1140. The van der Waals surface area contributed by atoms with Gasteiger partial charge in [0.15, 0.2) is 17.3 Å². The fourth-order valence-corrected chi connectivity index (χ4v) is 4.55. The van der Waals surface area contributed by atoms with Gasteiger partial charge >= 0.3 is 0 Å². The summed E-state index contributed by atoms with van der Waals surface area (Å²) in [4.78, 5) is 20.8. The fourth-order valence-electron chi connectivity index (χ4n) is 4.55. The van der Waals surface area contributed by atoms with Crippen LogP contribution in [-0.2, 0) is 11.3 Å². The maximum Gasteiger partial charge on any atom is 0.227 e. The zero-order chi connectivity index (χ0) is 24.2. The average molecular weight is 468 g/mol. The number of nitrogens with zero attached hydrogens (tertiary/aromatic N) is 2. The summed E-state index contributed by atoms with van der Waals surface area (Å²) in [6.45, 7) is 8.52. The smallest absolute Gasteiger partial charge is 0.227 e. The highest BCUT2D eigenvalue weighted by Crippen LogP contribution is 2.34. The first kappa shape index (κ1) is 23.9. The number of hydrogen-bond acceptors (Lipinski definition) is 4. The Morgan fingerprint density at radius 3 is 2.71 bits per heavy atom. The normalized spacial score (nSPS) is 14.2. The van der Waals surface area contributed by atoms with Gasteiger partial charge in [-0.3, -0.25) is 4.79 Å². The molecule has 0 bridgehead atoms. The zero-order valence-corrected chi connectivity index (χ0v) is 20.4. The third-order valence-corrected chi connectivity index (χ3v) is 6.08. The molecule has 1 aliphatic heterocycles. The van der Waals surface area contributed by atoms with Gasteiger partial charge in [-0.25, -0.2) is 4.39 Å². The lowest BCUT2D eigenvalue weighted by atomic mass is 10.1. The molecule has 1 aromatic heterocycles. The molecule has 3 aromatic rings. The van der Waals surface area contributed by atoms with Crippen molar-refractivity contribution in [3.05, 3.63) is 54.0 Å². The van der Waals surface area contributed by atoms with E-state index in [9.17, 15) is 9.18 Å². The Kier molecular flexibility index (Phi) is 7.29. The summed E-state index contributed by atoms with van der Waals surface area (Å²) in [7, 11) is 2.01. The minimum Gasteiger partial charge on any atom is -0.489 e. The zero-order valence-electron chi connectivity index (χ0n) is 20.4. The first-order valence-electron chi connectivity index (χ1n) is 12.0. The molecule has 0 saturated heterocycles. The highest BCUT2D eigenvalue weighted by atomic mass is 19.1. The van der Waals surface area contributed by atoms with Gasteiger partial charge in [-0.15, -0.1) is 0 Å². The first-order chi connectivity index (χ1) is 16.3. The second kappa shape index (κ2) is 10.4. The molecule has 0 aliphatic carbocycles. The molecule has 1 amide bonds. The maximum atomic E-state index is 14.7. The largest absolute Gasteiger partial charge is 0.489 e. The molecule has 182 valence electrons. The van der Waals surface area contributed by atoms with Crippen molar-refractivity contribution in [3.8, 4) is 11.5 Å². The van der Waals surface area contributed by atoms with E-state index in [4.69, 9.17) is 9.47 Å². The van der Waals surface area contributed by atoms with Crippen LogP contribution >= 0.6 is 0 Å². The van der Waals surface area contributed by atoms with E-state index in [2.05, 4.69) is 35.9 Å². The minimum atomic E-state index is -0.446. The molecule has 1 atom stereocenters. The summed E-state index contributed by atoms with van der Waals surface area (Å²) in [5, 5.41) is 1.14. The summed E-state index contributed by atoms with van der Waals surface area (Å²) in [6, 6.07) is 11.4. The van der Waals surface area contributed by atoms with Crippen molar-refractivity contribution in [1.82, 2.24) is 9.88 Å². The molecule has 0 saturated carbocycles. The Morgan fingerprint density at radius 2 is 1.91 bits per heavy atom. The molecule has 1 unspecified atom stereocenters. The highest BCUT2D eigenvalue weighted by Gasteiger charge is 2.25. The number of para-hydroxylation sites is 1. The second-order valence-electron chi connectivity index (χ2n) is 9.57. The second-order valence-corrected chi connectivity index (χ2v) is 9.57. The number of hydrogen-bond donors (Lipinski definition) is 1. The number of benzene rings is 2. The van der Waals surface area contributed by atoms with Crippen LogP contribution in [0, 0.1) is 17.7 Å². The van der Waals surface area contributed by atoms with Crippen LogP contribution in [0.1, 0.15) is 32.8 Å². The minimum absolute atomic E-state index is 0.0479. The van der Waals surface area contributed by atoms with Crippen LogP contribution in [0.25, 0.3) is 10.9 Å². The molecule has 6 nitrogen and oxygen atoms in total. The van der Waals surface area contributed by atoms with E-state index in [-0.39, 0.29) is 23.5 Å². The Morgan fingerprint density at radius 1 is 1.12 bits per heavy atom. The van der Waals surface area contributed by atoms with Crippen molar-refractivity contribution in [2.75, 3.05) is 38.3 Å². The van der Waals surface area contributed by atoms with Crippen LogP contribution < -0.4 is 14.4 Å². The number of H-pyrrole nitrogens is 1. The van der Waals surface area contributed by atoms with Crippen molar-refractivity contribution in [3.63, 3.8) is 0 Å². The number of ether oxygens (including phenoxy) is 2. The number of halogens is 1. The third kappa shape index (κ3) is 5.29. The molecule has 2 heterocycles. The quantitative estimate of drug-likeness (QED) is 0.493. The van der Waals surface area contributed by atoms with Crippen molar-refractivity contribution >= 4 is 22.5 Å². The van der Waals surface area contributed by atoms with Gasteiger partial charge in [0, 0.05) is 44.7 Å². The molecule has 4 rings (SSSR count). The molecule has 0 fully saturated rings. The molecular formula is C27H34FN3O3. The topological polar surface area (TPSA) is 57.8 Å². The van der Waals surface area contributed by atoms with Gasteiger partial charge in [-0.05, 0) is 35.7 Å². The monoisotopic (exact) mass is 467 g/mol. The third-order valence-electron chi connectivity index (χ3n) is 6.08. The molecule has 0 spiro atoms. The number of fused-ring (bicyclic) bond motifs is 2. The lowest BCUT2D eigenvalue weighted by Crippen LogP contribution is -2.41. The predicted octanol–water partition coefficient (Wildman–Crippen LogP) is 5.23. The Labute approximate surface area is 200 Å². The summed E-state index contributed by atoms with van der Waals surface area (Å²) in [6.07, 6.45) is 2.64. The molecule has 2 aromatic carbocycles. The van der Waals surface area contributed by atoms with Crippen LogP contribution in [0.15, 0.2) is 42.6 Å². The molecule has 1 aliphatic rings. The molecular weight excluding hydrogens is 433 g/mol. The number of aromatic amines is 1. The Hall–Kier alpha value is -3.22. The van der Waals surface area contributed by atoms with E-state index in [0.29, 0.717) is 50.6 Å². The fraction of sp³-hybridized carbons (Fsp3) is 0.444. The number of carbonyl (C=O) groups is 1. The Balaban J connectivity index is 1.50. The lowest BCUT2D eigenvalue weighted by molar-refractivity contribution is -0.135. The number of aromatic nitrogens is 1. The van der Waals surface area contributed by atoms with Crippen molar-refractivity contribution in [2.24, 2.45) is 11.8 Å². The summed E-state index contributed by atoms with van der Waals surface area (Å²) < 4.78 is 25.9. The van der Waals surface area contributed by atoms with Crippen molar-refractivity contribution in [1.29, 1.82) is 0 Å². The van der Waals surface area contributed by atoms with E-state index < -0.39 is 5.82 Å². The number of amides is 1. The van der Waals surface area contributed by atoms with E-state index in [1.54, 1.807) is 6.07 Å². The number of nitrogens with one attached hydrogen (secondary N) is 1. The average Bonchev–Trinajstić information content (AvgIpc) is 3.15. The van der Waals surface area contributed by atoms with Gasteiger partial charge in [-0.2, -0.15) is 0 Å². The van der Waals surface area contributed by atoms with Gasteiger partial charge in [0.2, 0.25) is 5.91 Å². The van der Waals surface area contributed by atoms with Gasteiger partial charge in [0.25, 0.3) is 0 Å². The standard InChI is InChI=1S/C27H34FN3O3/c1-18(2)15-31(17-20-13-22(28)26-24(14-20)33-11-6-12-34-26)27(32)19(3)16-30(4)23-8-5-7-21-9-10-29-25(21)23/h5,7-10,13-14,18-19,29H,6,11-12,15-17H2,1-4H3. The highest BCUT2D eigenvalue weighted by molar-refractivity contribution is 5.91. The van der Waals surface area contributed by atoms with Gasteiger partial charge in [0.1, 0.15) is 0 Å².